The van der Waals surface area contributed by atoms with Crippen LogP contribution >= 0.6 is 0 Å². The molecule has 12 nitrogen and oxygen atoms in total. The average Bonchev–Trinajstić information content (AvgIpc) is 3.31. The van der Waals surface area contributed by atoms with Crippen molar-refractivity contribution in [1.29, 1.82) is 0 Å². The number of aliphatic hydroxyl groups excluding tert-OH is 1. The van der Waals surface area contributed by atoms with E-state index in [1.54, 1.807) is 31.2 Å². The van der Waals surface area contributed by atoms with E-state index in [9.17, 15) is 34.4 Å². The molecule has 4 aliphatic rings. The monoisotopic (exact) mass is 613 g/mol. The topological polar surface area (TPSA) is 180 Å². The van der Waals surface area contributed by atoms with Crippen molar-refractivity contribution in [3.63, 3.8) is 0 Å². The molecule has 3 fully saturated rings. The Morgan fingerprint density at radius 3 is 2.55 bits per heavy atom. The molecule has 2 N–H and O–H groups in total. The van der Waals surface area contributed by atoms with Crippen LogP contribution in [0.4, 0.5) is 4.79 Å². The normalized spacial score (nSPS) is 31.6. The smallest absolute Gasteiger partial charge is 0.454 e. The SMILES string of the molecule is CC12C=CC(=O)C=C1CCC1C2C(O)CC2(C)C1CC[C@@H]2C(=O)COC(=O)c1cccc(CO[N+](=O)[O-])c1.CCOC(=O)O. The van der Waals surface area contributed by atoms with Gasteiger partial charge in [0, 0.05) is 17.3 Å². The number of carbonyl (C=O) groups excluding carboxylic acids is 3. The summed E-state index contributed by atoms with van der Waals surface area (Å²) in [5.41, 5.74) is 0.979. The first kappa shape index (κ1) is 32.8. The van der Waals surface area contributed by atoms with Gasteiger partial charge in [-0.25, -0.2) is 9.59 Å². The number of ketones is 2. The van der Waals surface area contributed by atoms with Gasteiger partial charge in [0.15, 0.2) is 18.2 Å². The average molecular weight is 614 g/mol. The third-order valence-corrected chi connectivity index (χ3v) is 9.99. The molecule has 5 rings (SSSR count). The first-order chi connectivity index (χ1) is 20.8. The molecule has 0 radical (unpaired) electrons. The maximum absolute atomic E-state index is 13.4. The zero-order chi connectivity index (χ0) is 32.2. The Bertz CT molecular complexity index is 1370. The van der Waals surface area contributed by atoms with Crippen molar-refractivity contribution in [2.24, 2.45) is 34.5 Å². The lowest BCUT2D eigenvalue weighted by Crippen LogP contribution is -2.56. The number of hydrogen-bond acceptors (Lipinski definition) is 10. The van der Waals surface area contributed by atoms with Gasteiger partial charge in [0.1, 0.15) is 6.61 Å². The molecule has 0 aliphatic heterocycles. The van der Waals surface area contributed by atoms with E-state index in [0.717, 1.165) is 24.8 Å². The fraction of sp³-hybridized carbons (Fsp3) is 0.562. The quantitative estimate of drug-likeness (QED) is 0.235. The Hall–Kier alpha value is -4.06. The van der Waals surface area contributed by atoms with E-state index in [0.29, 0.717) is 18.4 Å². The molecule has 3 saturated carbocycles. The Morgan fingerprint density at radius 1 is 1.14 bits per heavy atom. The second-order valence-corrected chi connectivity index (χ2v) is 12.4. The molecule has 0 saturated heterocycles. The third-order valence-electron chi connectivity index (χ3n) is 9.99. The van der Waals surface area contributed by atoms with Gasteiger partial charge in [-0.3, -0.25) is 9.59 Å². The molecule has 44 heavy (non-hydrogen) atoms. The molecule has 0 spiro atoms. The highest BCUT2D eigenvalue weighted by atomic mass is 16.9. The number of ether oxygens (including phenoxy) is 2. The molecule has 0 amide bonds. The van der Waals surface area contributed by atoms with Crippen LogP contribution < -0.4 is 0 Å². The number of benzene rings is 1. The highest BCUT2D eigenvalue weighted by Gasteiger charge is 2.62. The molecule has 0 heterocycles. The zero-order valence-corrected chi connectivity index (χ0v) is 25.1. The highest BCUT2D eigenvalue weighted by Crippen LogP contribution is 2.66. The Labute approximate surface area is 255 Å². The van der Waals surface area contributed by atoms with Crippen molar-refractivity contribution < 1.29 is 48.8 Å². The van der Waals surface area contributed by atoms with E-state index in [1.165, 1.54) is 12.1 Å². The summed E-state index contributed by atoms with van der Waals surface area (Å²) in [5.74, 6) is -0.622. The van der Waals surface area contributed by atoms with E-state index in [4.69, 9.17) is 9.84 Å². The lowest BCUT2D eigenvalue weighted by molar-refractivity contribution is -0.763. The van der Waals surface area contributed by atoms with Crippen LogP contribution in [0.15, 0.2) is 48.1 Å². The Balaban J connectivity index is 0.000000670. The molecule has 1 aromatic carbocycles. The Morgan fingerprint density at radius 2 is 1.89 bits per heavy atom. The number of Topliss-reactive ketones (excluding diaryl/α,β-unsaturated/α-hetero) is 1. The van der Waals surface area contributed by atoms with Crippen LogP contribution in [0.3, 0.4) is 0 Å². The number of carbonyl (C=O) groups is 4. The van der Waals surface area contributed by atoms with Gasteiger partial charge in [0.05, 0.1) is 18.3 Å². The van der Waals surface area contributed by atoms with E-state index in [-0.39, 0.29) is 66.0 Å². The lowest BCUT2D eigenvalue weighted by atomic mass is 9.46. The molecule has 12 heteroatoms. The molecule has 6 unspecified atom stereocenters. The largest absolute Gasteiger partial charge is 0.505 e. The van der Waals surface area contributed by atoms with Crippen molar-refractivity contribution in [2.45, 2.75) is 65.6 Å². The third kappa shape index (κ3) is 6.69. The zero-order valence-electron chi connectivity index (χ0n) is 25.1. The number of carboxylic acid groups (broad SMARTS) is 1. The van der Waals surface area contributed by atoms with Gasteiger partial charge >= 0.3 is 12.1 Å². The predicted molar refractivity (Wildman–Crippen MR) is 155 cm³/mol. The van der Waals surface area contributed by atoms with Crippen molar-refractivity contribution in [2.75, 3.05) is 13.2 Å². The molecule has 0 aromatic heterocycles. The van der Waals surface area contributed by atoms with E-state index in [2.05, 4.69) is 23.4 Å². The van der Waals surface area contributed by atoms with Crippen LogP contribution in [0.5, 0.6) is 0 Å². The number of aliphatic hydroxyl groups is 1. The van der Waals surface area contributed by atoms with E-state index in [1.807, 2.05) is 6.08 Å². The summed E-state index contributed by atoms with van der Waals surface area (Å²) in [5, 5.41) is 28.7. The minimum absolute atomic E-state index is 0.00293. The van der Waals surface area contributed by atoms with Crippen LogP contribution in [-0.4, -0.2) is 58.3 Å². The maximum atomic E-state index is 13.4. The number of allylic oxidation sites excluding steroid dienone is 4. The summed E-state index contributed by atoms with van der Waals surface area (Å²) in [6.07, 6.45) is 7.27. The summed E-state index contributed by atoms with van der Waals surface area (Å²) in [6.45, 7) is 5.42. The molecular formula is C32H39NO11. The maximum Gasteiger partial charge on any atom is 0.505 e. The molecule has 0 bridgehead atoms. The lowest BCUT2D eigenvalue weighted by Gasteiger charge is -2.58. The number of nitrogens with zero attached hydrogens (tertiary/aromatic N) is 1. The molecule has 7 atom stereocenters. The second-order valence-electron chi connectivity index (χ2n) is 12.4. The van der Waals surface area contributed by atoms with Crippen LogP contribution in [0.2, 0.25) is 0 Å². The summed E-state index contributed by atoms with van der Waals surface area (Å²) < 4.78 is 9.32. The first-order valence-corrected chi connectivity index (χ1v) is 14.8. The summed E-state index contributed by atoms with van der Waals surface area (Å²) in [4.78, 5) is 62.1. The molecule has 4 aliphatic carbocycles. The number of hydrogen-bond donors (Lipinski definition) is 2. The van der Waals surface area contributed by atoms with E-state index < -0.39 is 28.7 Å². The number of fused-ring (bicyclic) bond motifs is 5. The van der Waals surface area contributed by atoms with Gasteiger partial charge in [-0.05, 0) is 86.1 Å². The van der Waals surface area contributed by atoms with Gasteiger partial charge in [-0.1, -0.05) is 37.6 Å². The fourth-order valence-corrected chi connectivity index (χ4v) is 8.21. The van der Waals surface area contributed by atoms with Crippen LogP contribution in [-0.2, 0) is 30.5 Å². The minimum Gasteiger partial charge on any atom is -0.454 e. The van der Waals surface area contributed by atoms with Crippen molar-refractivity contribution in [3.05, 3.63) is 69.3 Å². The standard InChI is InChI=1S/C29H33NO8.C3H6O3/c1-28-11-10-20(31)13-19(28)6-7-21-22-8-9-23(29(22,2)14-24(32)26(21)28)25(33)16-37-27(34)18-5-3-4-17(12-18)15-38-30(35)36;1-2-6-3(4)5/h3-5,10-13,21-24,26,32H,6-9,14-16H2,1-2H3;2H2,1H3,(H,4,5)/t21?,22?,23-,24?,26?,28?,29?;/m1./s1. The number of rotatable bonds is 8. The van der Waals surface area contributed by atoms with Crippen LogP contribution in [0, 0.1) is 44.6 Å². The van der Waals surface area contributed by atoms with Crippen molar-refractivity contribution in [3.8, 4) is 0 Å². The van der Waals surface area contributed by atoms with Gasteiger partial charge < -0.3 is 24.5 Å². The van der Waals surface area contributed by atoms with Gasteiger partial charge in [-0.2, -0.15) is 0 Å². The first-order valence-electron chi connectivity index (χ1n) is 14.8. The van der Waals surface area contributed by atoms with Crippen molar-refractivity contribution >= 4 is 23.7 Å². The molecular weight excluding hydrogens is 574 g/mol. The number of esters is 1. The summed E-state index contributed by atoms with van der Waals surface area (Å²) in [7, 11) is 0. The van der Waals surface area contributed by atoms with Gasteiger partial charge in [0.2, 0.25) is 0 Å². The minimum atomic E-state index is -1.21. The van der Waals surface area contributed by atoms with Crippen LogP contribution in [0.1, 0.15) is 68.8 Å². The highest BCUT2D eigenvalue weighted by molar-refractivity contribution is 6.01. The summed E-state index contributed by atoms with van der Waals surface area (Å²) >= 11 is 0. The second kappa shape index (κ2) is 13.3. The Kier molecular flexibility index (Phi) is 9.92. The molecule has 238 valence electrons. The van der Waals surface area contributed by atoms with E-state index >= 15 is 0 Å². The van der Waals surface area contributed by atoms with Crippen LogP contribution in [0.25, 0.3) is 0 Å². The van der Waals surface area contributed by atoms with Gasteiger partial charge in [-0.15, -0.1) is 10.1 Å². The van der Waals surface area contributed by atoms with Crippen molar-refractivity contribution in [1.82, 2.24) is 0 Å². The molecule has 1 aromatic rings. The fourth-order valence-electron chi connectivity index (χ4n) is 8.21. The van der Waals surface area contributed by atoms with Gasteiger partial charge in [0.25, 0.3) is 5.09 Å². The summed E-state index contributed by atoms with van der Waals surface area (Å²) in [6, 6.07) is 6.13. The predicted octanol–water partition coefficient (Wildman–Crippen LogP) is 4.72.